The molecule has 0 fully saturated rings. The van der Waals surface area contributed by atoms with E-state index in [9.17, 15) is 13.2 Å². The summed E-state index contributed by atoms with van der Waals surface area (Å²) in [5, 5.41) is 0. The van der Waals surface area contributed by atoms with Crippen LogP contribution in [0.15, 0.2) is 62.6 Å². The van der Waals surface area contributed by atoms with Gasteiger partial charge < -0.3 is 4.42 Å². The number of fused-ring (bicyclic) bond motifs is 1. The molecule has 26 heavy (non-hydrogen) atoms. The van der Waals surface area contributed by atoms with Gasteiger partial charge in [-0.25, -0.2) is 17.9 Å². The van der Waals surface area contributed by atoms with Crippen LogP contribution in [0.5, 0.6) is 0 Å². The fraction of sp³-hybridized carbons (Fsp3) is 0.316. The van der Waals surface area contributed by atoms with Crippen molar-refractivity contribution in [1.82, 2.24) is 9.29 Å². The molecule has 0 saturated heterocycles. The predicted octanol–water partition coefficient (Wildman–Crippen LogP) is 3.09. The molecule has 0 amide bonds. The molecule has 2 aromatic carbocycles. The van der Waals surface area contributed by atoms with Crippen molar-refractivity contribution in [1.29, 1.82) is 0 Å². The van der Waals surface area contributed by atoms with Crippen molar-refractivity contribution in [2.75, 3.05) is 6.54 Å². The third-order valence-corrected chi connectivity index (χ3v) is 5.96. The first kappa shape index (κ1) is 18.4. The van der Waals surface area contributed by atoms with Gasteiger partial charge in [0.05, 0.1) is 10.4 Å². The maximum Gasteiger partial charge on any atom is 0.419 e. The first-order valence-electron chi connectivity index (χ1n) is 8.60. The molecule has 1 heterocycles. The molecule has 0 aliphatic heterocycles. The lowest BCUT2D eigenvalue weighted by molar-refractivity contribution is 0.512. The largest absolute Gasteiger partial charge is 0.419 e. The standard InChI is InChI=1S/C19H22N2O4S/c1-3-21-17-10-9-16(13-18(17)25-19(21)22)26(23,24)20-12-11-14(2)15-7-5-4-6-8-15/h4-10,13-14,20H,3,11-12H2,1-2H3. The maximum atomic E-state index is 12.5. The maximum absolute atomic E-state index is 12.5. The van der Waals surface area contributed by atoms with E-state index < -0.39 is 15.8 Å². The van der Waals surface area contributed by atoms with Crippen LogP contribution >= 0.6 is 0 Å². The molecule has 1 atom stereocenters. The van der Waals surface area contributed by atoms with E-state index in [1.54, 1.807) is 6.07 Å². The topological polar surface area (TPSA) is 81.3 Å². The number of sulfonamides is 1. The van der Waals surface area contributed by atoms with E-state index in [1.165, 1.54) is 22.3 Å². The molecule has 0 aliphatic carbocycles. The zero-order valence-corrected chi connectivity index (χ0v) is 15.6. The van der Waals surface area contributed by atoms with Crippen LogP contribution in [0.25, 0.3) is 11.1 Å². The van der Waals surface area contributed by atoms with Gasteiger partial charge in [-0.2, -0.15) is 0 Å². The molecule has 0 aliphatic rings. The second-order valence-corrected chi connectivity index (χ2v) is 8.01. The quantitative estimate of drug-likeness (QED) is 0.689. The molecule has 1 N–H and O–H groups in total. The van der Waals surface area contributed by atoms with E-state index in [0.29, 0.717) is 25.0 Å². The van der Waals surface area contributed by atoms with Crippen molar-refractivity contribution in [2.24, 2.45) is 0 Å². The third kappa shape index (κ3) is 3.73. The highest BCUT2D eigenvalue weighted by atomic mass is 32.2. The second kappa shape index (κ2) is 7.47. The number of oxazole rings is 1. The number of nitrogens with zero attached hydrogens (tertiary/aromatic N) is 1. The molecule has 3 aromatic rings. The van der Waals surface area contributed by atoms with Crippen LogP contribution in [0.2, 0.25) is 0 Å². The Hall–Kier alpha value is -2.38. The molecule has 7 heteroatoms. The lowest BCUT2D eigenvalue weighted by Gasteiger charge is -2.12. The Labute approximate surface area is 152 Å². The van der Waals surface area contributed by atoms with Crippen molar-refractivity contribution in [3.63, 3.8) is 0 Å². The van der Waals surface area contributed by atoms with E-state index in [2.05, 4.69) is 11.6 Å². The highest BCUT2D eigenvalue weighted by molar-refractivity contribution is 7.89. The molecule has 1 unspecified atom stereocenters. The predicted molar refractivity (Wildman–Crippen MR) is 101 cm³/mol. The SMILES string of the molecule is CCn1c(=O)oc2cc(S(=O)(=O)NCCC(C)c3ccccc3)ccc21. The number of rotatable bonds is 7. The summed E-state index contributed by atoms with van der Waals surface area (Å²) in [5.74, 6) is -0.236. The van der Waals surface area contributed by atoms with Gasteiger partial charge in [0, 0.05) is 19.2 Å². The molecule has 138 valence electrons. The van der Waals surface area contributed by atoms with Crippen LogP contribution in [0.3, 0.4) is 0 Å². The summed E-state index contributed by atoms with van der Waals surface area (Å²) < 4.78 is 34.3. The van der Waals surface area contributed by atoms with E-state index >= 15 is 0 Å². The number of hydrogen-bond donors (Lipinski definition) is 1. The zero-order chi connectivity index (χ0) is 18.7. The summed E-state index contributed by atoms with van der Waals surface area (Å²) in [6, 6.07) is 14.5. The van der Waals surface area contributed by atoms with Gasteiger partial charge in [0.25, 0.3) is 0 Å². The molecule has 0 spiro atoms. The van der Waals surface area contributed by atoms with Crippen LogP contribution < -0.4 is 10.5 Å². The summed E-state index contributed by atoms with van der Waals surface area (Å²) in [7, 11) is -3.66. The van der Waals surface area contributed by atoms with Gasteiger partial charge in [0.15, 0.2) is 5.58 Å². The van der Waals surface area contributed by atoms with Gasteiger partial charge in [0.1, 0.15) is 0 Å². The van der Waals surface area contributed by atoms with Crippen LogP contribution in [0, 0.1) is 0 Å². The fourth-order valence-corrected chi connectivity index (χ4v) is 4.02. The third-order valence-electron chi connectivity index (χ3n) is 4.50. The van der Waals surface area contributed by atoms with Gasteiger partial charge >= 0.3 is 5.76 Å². The Kier molecular flexibility index (Phi) is 5.29. The molecular formula is C19H22N2O4S. The van der Waals surface area contributed by atoms with Gasteiger partial charge in [0.2, 0.25) is 10.0 Å². The Morgan fingerprint density at radius 2 is 1.88 bits per heavy atom. The Morgan fingerprint density at radius 1 is 1.15 bits per heavy atom. The number of aryl methyl sites for hydroxylation is 1. The van der Waals surface area contributed by atoms with Crippen LogP contribution in [0.1, 0.15) is 31.7 Å². The van der Waals surface area contributed by atoms with Crippen molar-refractivity contribution < 1.29 is 12.8 Å². The molecular weight excluding hydrogens is 352 g/mol. The van der Waals surface area contributed by atoms with Crippen molar-refractivity contribution in [2.45, 2.75) is 37.6 Å². The van der Waals surface area contributed by atoms with Crippen molar-refractivity contribution >= 4 is 21.1 Å². The molecule has 0 bridgehead atoms. The summed E-state index contributed by atoms with van der Waals surface area (Å²) in [5.41, 5.74) is 2.04. The second-order valence-electron chi connectivity index (χ2n) is 6.24. The average molecular weight is 374 g/mol. The highest BCUT2D eigenvalue weighted by Crippen LogP contribution is 2.20. The van der Waals surface area contributed by atoms with Crippen LogP contribution in [-0.4, -0.2) is 19.5 Å². The molecule has 3 rings (SSSR count). The van der Waals surface area contributed by atoms with E-state index in [0.717, 1.165) is 0 Å². The van der Waals surface area contributed by atoms with Gasteiger partial charge in [-0.15, -0.1) is 0 Å². The fourth-order valence-electron chi connectivity index (χ4n) is 2.95. The normalized spacial score (nSPS) is 13.2. The van der Waals surface area contributed by atoms with Gasteiger partial charge in [-0.3, -0.25) is 4.57 Å². The monoisotopic (exact) mass is 374 g/mol. The molecule has 1 aromatic heterocycles. The number of aromatic nitrogens is 1. The van der Waals surface area contributed by atoms with Gasteiger partial charge in [-0.1, -0.05) is 37.3 Å². The molecule has 6 nitrogen and oxygen atoms in total. The van der Waals surface area contributed by atoms with Crippen molar-refractivity contribution in [3.05, 3.63) is 64.6 Å². The lowest BCUT2D eigenvalue weighted by Crippen LogP contribution is -2.25. The first-order chi connectivity index (χ1) is 12.4. The van der Waals surface area contributed by atoms with Gasteiger partial charge in [-0.05, 0) is 37.0 Å². The van der Waals surface area contributed by atoms with E-state index in [-0.39, 0.29) is 16.4 Å². The Morgan fingerprint density at radius 3 is 2.58 bits per heavy atom. The molecule has 0 radical (unpaired) electrons. The number of nitrogens with one attached hydrogen (secondary N) is 1. The minimum absolute atomic E-state index is 0.0920. The molecule has 0 saturated carbocycles. The minimum atomic E-state index is -3.66. The van der Waals surface area contributed by atoms with E-state index in [4.69, 9.17) is 4.42 Å². The van der Waals surface area contributed by atoms with Crippen LogP contribution in [-0.2, 0) is 16.6 Å². The minimum Gasteiger partial charge on any atom is -0.408 e. The zero-order valence-electron chi connectivity index (χ0n) is 14.8. The Bertz CT molecular complexity index is 1050. The summed E-state index contributed by atoms with van der Waals surface area (Å²) in [6.07, 6.45) is 0.687. The lowest BCUT2D eigenvalue weighted by atomic mass is 9.98. The smallest absolute Gasteiger partial charge is 0.408 e. The number of hydrogen-bond acceptors (Lipinski definition) is 4. The number of benzene rings is 2. The summed E-state index contributed by atoms with van der Waals surface area (Å²) >= 11 is 0. The van der Waals surface area contributed by atoms with Crippen LogP contribution in [0.4, 0.5) is 0 Å². The van der Waals surface area contributed by atoms with E-state index in [1.807, 2.05) is 37.3 Å². The first-order valence-corrected chi connectivity index (χ1v) is 10.1. The summed E-state index contributed by atoms with van der Waals surface area (Å²) in [4.78, 5) is 11.8. The average Bonchev–Trinajstić information content (AvgIpc) is 2.96. The Balaban J connectivity index is 1.72. The van der Waals surface area contributed by atoms with Crippen molar-refractivity contribution in [3.8, 4) is 0 Å². The highest BCUT2D eigenvalue weighted by Gasteiger charge is 2.17. The summed E-state index contributed by atoms with van der Waals surface area (Å²) in [6.45, 7) is 4.69.